The van der Waals surface area contributed by atoms with E-state index in [0.29, 0.717) is 11.8 Å². The second kappa shape index (κ2) is 7.55. The Labute approximate surface area is 118 Å². The summed E-state index contributed by atoms with van der Waals surface area (Å²) in [4.78, 5) is 0. The van der Waals surface area contributed by atoms with Crippen molar-refractivity contribution in [3.8, 4) is 0 Å². The average molecular weight is 295 g/mol. The summed E-state index contributed by atoms with van der Waals surface area (Å²) in [5.74, 6) is 3.24. The molecule has 17 heavy (non-hydrogen) atoms. The van der Waals surface area contributed by atoms with E-state index in [4.69, 9.17) is 23.2 Å². The van der Waals surface area contributed by atoms with Crippen molar-refractivity contribution in [3.05, 3.63) is 16.4 Å². The summed E-state index contributed by atoms with van der Waals surface area (Å²) in [6.07, 6.45) is 0.890. The van der Waals surface area contributed by atoms with Crippen molar-refractivity contribution in [1.29, 1.82) is 0 Å². The Kier molecular flexibility index (Phi) is 6.75. The molecule has 1 aromatic rings. The quantitative estimate of drug-likeness (QED) is 0.701. The second-order valence-electron chi connectivity index (χ2n) is 4.15. The minimum absolute atomic E-state index is 0.545. The van der Waals surface area contributed by atoms with E-state index in [1.54, 1.807) is 0 Å². The third-order valence-electron chi connectivity index (χ3n) is 2.60. The lowest BCUT2D eigenvalue weighted by molar-refractivity contribution is 0.627. The van der Waals surface area contributed by atoms with Crippen molar-refractivity contribution >= 4 is 35.0 Å². The van der Waals surface area contributed by atoms with Crippen molar-refractivity contribution in [1.82, 2.24) is 9.78 Å². The normalized spacial score (nSPS) is 13.0. The molecule has 1 heterocycles. The Morgan fingerprint density at radius 1 is 1.41 bits per heavy atom. The fourth-order valence-electron chi connectivity index (χ4n) is 1.56. The van der Waals surface area contributed by atoms with Crippen molar-refractivity contribution in [2.24, 2.45) is 5.92 Å². The topological polar surface area (TPSA) is 17.8 Å². The zero-order chi connectivity index (χ0) is 12.8. The average Bonchev–Trinajstić information content (AvgIpc) is 2.65. The van der Waals surface area contributed by atoms with E-state index < -0.39 is 0 Å². The number of aromatic nitrogens is 2. The summed E-state index contributed by atoms with van der Waals surface area (Å²) in [6, 6.07) is 0. The predicted octanol–water partition coefficient (Wildman–Crippen LogP) is 4.23. The van der Waals surface area contributed by atoms with Gasteiger partial charge in [-0.2, -0.15) is 16.9 Å². The molecule has 2 nitrogen and oxygen atoms in total. The monoisotopic (exact) mass is 294 g/mol. The van der Waals surface area contributed by atoms with Gasteiger partial charge in [0.1, 0.15) is 0 Å². The van der Waals surface area contributed by atoms with E-state index in [0.717, 1.165) is 40.9 Å². The highest BCUT2D eigenvalue weighted by molar-refractivity contribution is 7.98. The number of alkyl halides is 1. The number of thioether (sulfide) groups is 1. The van der Waals surface area contributed by atoms with Crippen LogP contribution in [0.15, 0.2) is 0 Å². The van der Waals surface area contributed by atoms with Crippen LogP contribution < -0.4 is 0 Å². The van der Waals surface area contributed by atoms with Crippen molar-refractivity contribution < 1.29 is 0 Å². The SMILES string of the molecule is CCc1nn(CC)c(CSCC(C)CCl)c1Cl. The summed E-state index contributed by atoms with van der Waals surface area (Å²) in [6.45, 7) is 7.22. The molecule has 0 spiro atoms. The zero-order valence-electron chi connectivity index (χ0n) is 10.7. The van der Waals surface area contributed by atoms with E-state index in [1.807, 2.05) is 16.4 Å². The first-order valence-electron chi connectivity index (χ1n) is 6.01. The number of halogens is 2. The lowest BCUT2D eigenvalue weighted by atomic mass is 10.3. The van der Waals surface area contributed by atoms with Gasteiger partial charge in [-0.05, 0) is 25.0 Å². The predicted molar refractivity (Wildman–Crippen MR) is 78.3 cm³/mol. The Hall–Kier alpha value is 0.140. The highest BCUT2D eigenvalue weighted by atomic mass is 35.5. The fourth-order valence-corrected chi connectivity index (χ4v) is 3.33. The maximum absolute atomic E-state index is 6.33. The number of rotatable bonds is 7. The Morgan fingerprint density at radius 3 is 2.65 bits per heavy atom. The molecule has 0 saturated heterocycles. The summed E-state index contributed by atoms with van der Waals surface area (Å²) in [7, 11) is 0. The number of hydrogen-bond acceptors (Lipinski definition) is 2. The lowest BCUT2D eigenvalue weighted by Gasteiger charge is -2.08. The molecule has 1 rings (SSSR count). The number of hydrogen-bond donors (Lipinski definition) is 0. The first kappa shape index (κ1) is 15.2. The fraction of sp³-hybridized carbons (Fsp3) is 0.750. The highest BCUT2D eigenvalue weighted by Gasteiger charge is 2.14. The zero-order valence-corrected chi connectivity index (χ0v) is 13.0. The van der Waals surface area contributed by atoms with Crippen LogP contribution >= 0.6 is 35.0 Å². The van der Waals surface area contributed by atoms with Crippen LogP contribution in [0.1, 0.15) is 32.2 Å². The molecule has 0 N–H and O–H groups in total. The lowest BCUT2D eigenvalue weighted by Crippen LogP contribution is -2.04. The molecule has 1 unspecified atom stereocenters. The Balaban J connectivity index is 2.66. The number of aryl methyl sites for hydroxylation is 2. The van der Waals surface area contributed by atoms with Crippen molar-refractivity contribution in [2.75, 3.05) is 11.6 Å². The molecule has 5 heteroatoms. The van der Waals surface area contributed by atoms with Crippen LogP contribution in [0.25, 0.3) is 0 Å². The van der Waals surface area contributed by atoms with Gasteiger partial charge in [0.2, 0.25) is 0 Å². The summed E-state index contributed by atoms with van der Waals surface area (Å²) in [5.41, 5.74) is 2.16. The van der Waals surface area contributed by atoms with Crippen LogP contribution in [0, 0.1) is 5.92 Å². The molecule has 1 atom stereocenters. The van der Waals surface area contributed by atoms with Gasteiger partial charge in [0.05, 0.1) is 16.4 Å². The van der Waals surface area contributed by atoms with Gasteiger partial charge in [0.15, 0.2) is 0 Å². The molecule has 0 aliphatic carbocycles. The first-order valence-corrected chi connectivity index (χ1v) is 8.08. The van der Waals surface area contributed by atoms with Crippen LogP contribution in [0.3, 0.4) is 0 Å². The largest absolute Gasteiger partial charge is 0.267 e. The molecule has 0 radical (unpaired) electrons. The van der Waals surface area contributed by atoms with Gasteiger partial charge in [0, 0.05) is 18.2 Å². The molecule has 0 amide bonds. The standard InChI is InChI=1S/C12H20Cl2N2S/c1-4-10-12(14)11(16(5-2)15-10)8-17-7-9(3)6-13/h9H,4-8H2,1-3H3. The minimum Gasteiger partial charge on any atom is -0.267 e. The van der Waals surface area contributed by atoms with Crippen LogP contribution in [-0.4, -0.2) is 21.4 Å². The van der Waals surface area contributed by atoms with Crippen LogP contribution in [-0.2, 0) is 18.7 Å². The molecule has 0 aliphatic rings. The molecule has 98 valence electrons. The third-order valence-corrected chi connectivity index (χ3v) is 4.84. The first-order chi connectivity index (χ1) is 8.13. The van der Waals surface area contributed by atoms with Crippen LogP contribution in [0.2, 0.25) is 5.02 Å². The van der Waals surface area contributed by atoms with E-state index in [1.165, 1.54) is 0 Å². The maximum atomic E-state index is 6.33. The molecule has 0 fully saturated rings. The highest BCUT2D eigenvalue weighted by Crippen LogP contribution is 2.26. The molecule has 0 aliphatic heterocycles. The maximum Gasteiger partial charge on any atom is 0.0858 e. The van der Waals surface area contributed by atoms with E-state index in [9.17, 15) is 0 Å². The molecule has 0 bridgehead atoms. The third kappa shape index (κ3) is 4.08. The van der Waals surface area contributed by atoms with E-state index >= 15 is 0 Å². The van der Waals surface area contributed by atoms with Crippen LogP contribution in [0.5, 0.6) is 0 Å². The van der Waals surface area contributed by atoms with Gasteiger partial charge >= 0.3 is 0 Å². The van der Waals surface area contributed by atoms with Gasteiger partial charge < -0.3 is 0 Å². The number of nitrogens with zero attached hydrogens (tertiary/aromatic N) is 2. The Bertz CT molecular complexity index is 353. The van der Waals surface area contributed by atoms with Gasteiger partial charge in [-0.1, -0.05) is 25.4 Å². The van der Waals surface area contributed by atoms with Crippen molar-refractivity contribution in [2.45, 2.75) is 39.5 Å². The van der Waals surface area contributed by atoms with Gasteiger partial charge in [-0.3, -0.25) is 4.68 Å². The molecular weight excluding hydrogens is 275 g/mol. The minimum atomic E-state index is 0.545. The van der Waals surface area contributed by atoms with Crippen LogP contribution in [0.4, 0.5) is 0 Å². The Morgan fingerprint density at radius 2 is 2.12 bits per heavy atom. The summed E-state index contributed by atoms with van der Waals surface area (Å²) < 4.78 is 2.01. The van der Waals surface area contributed by atoms with Crippen molar-refractivity contribution in [3.63, 3.8) is 0 Å². The van der Waals surface area contributed by atoms with E-state index in [2.05, 4.69) is 25.9 Å². The molecular formula is C12H20Cl2N2S. The smallest absolute Gasteiger partial charge is 0.0858 e. The van der Waals surface area contributed by atoms with Gasteiger partial charge in [-0.15, -0.1) is 11.6 Å². The molecule has 0 saturated carbocycles. The molecule has 0 aromatic carbocycles. The summed E-state index contributed by atoms with van der Waals surface area (Å²) in [5, 5.41) is 5.36. The van der Waals surface area contributed by atoms with Gasteiger partial charge in [-0.25, -0.2) is 0 Å². The molecule has 1 aromatic heterocycles. The second-order valence-corrected chi connectivity index (χ2v) is 5.87. The summed E-state index contributed by atoms with van der Waals surface area (Å²) >= 11 is 14.0. The van der Waals surface area contributed by atoms with Gasteiger partial charge in [0.25, 0.3) is 0 Å². The van der Waals surface area contributed by atoms with E-state index in [-0.39, 0.29) is 0 Å².